The van der Waals surface area contributed by atoms with Gasteiger partial charge in [0.1, 0.15) is 0 Å². The number of hydrogen-bond acceptors (Lipinski definition) is 2. The summed E-state index contributed by atoms with van der Waals surface area (Å²) >= 11 is 6.01. The van der Waals surface area contributed by atoms with E-state index in [0.29, 0.717) is 10.9 Å². The zero-order valence-electron chi connectivity index (χ0n) is 11.7. The summed E-state index contributed by atoms with van der Waals surface area (Å²) in [6.07, 6.45) is 0. The average molecular weight is 281 g/mol. The molecule has 1 N–H and O–H groups in total. The van der Waals surface area contributed by atoms with Gasteiger partial charge in [-0.2, -0.15) is 0 Å². The van der Waals surface area contributed by atoms with E-state index < -0.39 is 0 Å². The lowest BCUT2D eigenvalue weighted by atomic mass is 9.95. The van der Waals surface area contributed by atoms with Crippen LogP contribution in [-0.2, 0) is 4.79 Å². The molecule has 1 amide bonds. The van der Waals surface area contributed by atoms with E-state index in [9.17, 15) is 4.79 Å². The van der Waals surface area contributed by atoms with Crippen molar-refractivity contribution in [3.8, 4) is 0 Å². The molecule has 1 aliphatic rings. The van der Waals surface area contributed by atoms with Crippen LogP contribution in [0, 0.1) is 11.8 Å². The molecular formula is C15H21ClN2O. The van der Waals surface area contributed by atoms with Crippen molar-refractivity contribution in [3.63, 3.8) is 0 Å². The predicted octanol–water partition coefficient (Wildman–Crippen LogP) is 2.71. The van der Waals surface area contributed by atoms with Gasteiger partial charge >= 0.3 is 0 Å². The van der Waals surface area contributed by atoms with Crippen LogP contribution in [0.2, 0.25) is 5.02 Å². The normalized spacial score (nSPS) is 24.2. The molecule has 1 fully saturated rings. The molecular weight excluding hydrogens is 260 g/mol. The van der Waals surface area contributed by atoms with Gasteiger partial charge in [0, 0.05) is 18.6 Å². The molecule has 0 aromatic heterocycles. The highest BCUT2D eigenvalue weighted by Crippen LogP contribution is 2.26. The largest absolute Gasteiger partial charge is 0.339 e. The standard InChI is InChI=1S/C15H21ClN2O/c1-10-8-17-9-14(10)15(19)18(3)11(2)12-5-4-6-13(16)7-12/h4-7,10-11,14,17H,8-9H2,1-3H3/t10-,11?,14-/m1/s1. The van der Waals surface area contributed by atoms with Crippen molar-refractivity contribution in [1.82, 2.24) is 10.2 Å². The molecule has 0 radical (unpaired) electrons. The maximum Gasteiger partial charge on any atom is 0.227 e. The molecule has 1 aromatic rings. The Kier molecular flexibility index (Phi) is 4.48. The van der Waals surface area contributed by atoms with Crippen LogP contribution in [0.3, 0.4) is 0 Å². The molecule has 1 heterocycles. The van der Waals surface area contributed by atoms with Crippen LogP contribution in [0.4, 0.5) is 0 Å². The summed E-state index contributed by atoms with van der Waals surface area (Å²) < 4.78 is 0. The predicted molar refractivity (Wildman–Crippen MR) is 78.2 cm³/mol. The van der Waals surface area contributed by atoms with Crippen LogP contribution >= 0.6 is 11.6 Å². The van der Waals surface area contributed by atoms with Crippen molar-refractivity contribution < 1.29 is 4.79 Å². The molecule has 4 heteroatoms. The second kappa shape index (κ2) is 5.93. The second-order valence-electron chi connectivity index (χ2n) is 5.42. The monoisotopic (exact) mass is 280 g/mol. The molecule has 3 atom stereocenters. The lowest BCUT2D eigenvalue weighted by molar-refractivity contribution is -0.136. The maximum absolute atomic E-state index is 12.5. The lowest BCUT2D eigenvalue weighted by Crippen LogP contribution is -2.37. The van der Waals surface area contributed by atoms with Gasteiger partial charge in [-0.3, -0.25) is 4.79 Å². The highest BCUT2D eigenvalue weighted by Gasteiger charge is 2.33. The number of nitrogens with zero attached hydrogens (tertiary/aromatic N) is 1. The van der Waals surface area contributed by atoms with Crippen LogP contribution < -0.4 is 5.32 Å². The summed E-state index contributed by atoms with van der Waals surface area (Å²) in [4.78, 5) is 14.3. The number of rotatable bonds is 3. The fourth-order valence-electron chi connectivity index (χ4n) is 2.58. The lowest BCUT2D eigenvalue weighted by Gasteiger charge is -2.29. The molecule has 1 unspecified atom stereocenters. The molecule has 0 saturated carbocycles. The average Bonchev–Trinajstić information content (AvgIpc) is 2.82. The molecule has 19 heavy (non-hydrogen) atoms. The Labute approximate surface area is 119 Å². The summed E-state index contributed by atoms with van der Waals surface area (Å²) in [7, 11) is 1.87. The number of carbonyl (C=O) groups excluding carboxylic acids is 1. The zero-order valence-corrected chi connectivity index (χ0v) is 12.4. The maximum atomic E-state index is 12.5. The van der Waals surface area contributed by atoms with E-state index in [1.807, 2.05) is 43.1 Å². The first-order chi connectivity index (χ1) is 9.00. The van der Waals surface area contributed by atoms with Crippen molar-refractivity contribution in [2.75, 3.05) is 20.1 Å². The van der Waals surface area contributed by atoms with Gasteiger partial charge in [0.2, 0.25) is 5.91 Å². The topological polar surface area (TPSA) is 32.3 Å². The minimum absolute atomic E-state index is 0.0407. The number of halogens is 1. The first-order valence-electron chi connectivity index (χ1n) is 6.73. The van der Waals surface area contributed by atoms with E-state index in [1.54, 1.807) is 0 Å². The highest BCUT2D eigenvalue weighted by molar-refractivity contribution is 6.30. The Bertz CT molecular complexity index is 463. The summed E-state index contributed by atoms with van der Waals surface area (Å²) in [5.74, 6) is 0.707. The van der Waals surface area contributed by atoms with Gasteiger partial charge in [0.15, 0.2) is 0 Å². The highest BCUT2D eigenvalue weighted by atomic mass is 35.5. The van der Waals surface area contributed by atoms with E-state index in [4.69, 9.17) is 11.6 Å². The first-order valence-corrected chi connectivity index (χ1v) is 7.11. The summed E-state index contributed by atoms with van der Waals surface area (Å²) in [6.45, 7) is 5.87. The fourth-order valence-corrected chi connectivity index (χ4v) is 2.78. The van der Waals surface area contributed by atoms with Gasteiger partial charge in [0.05, 0.1) is 12.0 Å². The van der Waals surface area contributed by atoms with E-state index in [1.165, 1.54) is 0 Å². The minimum atomic E-state index is 0.0407. The van der Waals surface area contributed by atoms with Crippen molar-refractivity contribution >= 4 is 17.5 Å². The Morgan fingerprint density at radius 2 is 2.21 bits per heavy atom. The molecule has 1 aliphatic heterocycles. The van der Waals surface area contributed by atoms with Crippen LogP contribution in [-0.4, -0.2) is 30.9 Å². The van der Waals surface area contributed by atoms with Crippen molar-refractivity contribution in [1.29, 1.82) is 0 Å². The van der Waals surface area contributed by atoms with Gasteiger partial charge in [-0.15, -0.1) is 0 Å². The molecule has 0 spiro atoms. The third-order valence-electron chi connectivity index (χ3n) is 4.09. The number of hydrogen-bond donors (Lipinski definition) is 1. The second-order valence-corrected chi connectivity index (χ2v) is 5.86. The van der Waals surface area contributed by atoms with E-state index in [0.717, 1.165) is 18.7 Å². The molecule has 104 valence electrons. The molecule has 1 aromatic carbocycles. The van der Waals surface area contributed by atoms with Gasteiger partial charge in [-0.25, -0.2) is 0 Å². The van der Waals surface area contributed by atoms with Crippen molar-refractivity contribution in [3.05, 3.63) is 34.9 Å². The Hall–Kier alpha value is -1.06. The van der Waals surface area contributed by atoms with Crippen LogP contribution in [0.5, 0.6) is 0 Å². The smallest absolute Gasteiger partial charge is 0.227 e. The van der Waals surface area contributed by atoms with Crippen LogP contribution in [0.15, 0.2) is 24.3 Å². The number of nitrogens with one attached hydrogen (secondary N) is 1. The quantitative estimate of drug-likeness (QED) is 0.923. The number of carbonyl (C=O) groups is 1. The van der Waals surface area contributed by atoms with Gasteiger partial charge in [0.25, 0.3) is 0 Å². The Balaban J connectivity index is 2.10. The van der Waals surface area contributed by atoms with Gasteiger partial charge in [-0.05, 0) is 37.1 Å². The van der Waals surface area contributed by atoms with E-state index in [-0.39, 0.29) is 17.9 Å². The summed E-state index contributed by atoms with van der Waals surface area (Å²) in [5.41, 5.74) is 1.07. The minimum Gasteiger partial charge on any atom is -0.339 e. The van der Waals surface area contributed by atoms with E-state index in [2.05, 4.69) is 12.2 Å². The molecule has 1 saturated heterocycles. The Morgan fingerprint density at radius 1 is 1.47 bits per heavy atom. The van der Waals surface area contributed by atoms with Crippen LogP contribution in [0.1, 0.15) is 25.5 Å². The summed E-state index contributed by atoms with van der Waals surface area (Å²) in [5, 5.41) is 3.99. The molecule has 0 bridgehead atoms. The molecule has 2 rings (SSSR count). The zero-order chi connectivity index (χ0) is 14.0. The molecule has 3 nitrogen and oxygen atoms in total. The molecule has 0 aliphatic carbocycles. The van der Waals surface area contributed by atoms with Crippen LogP contribution in [0.25, 0.3) is 0 Å². The third-order valence-corrected chi connectivity index (χ3v) is 4.33. The number of amides is 1. The van der Waals surface area contributed by atoms with Crippen molar-refractivity contribution in [2.45, 2.75) is 19.9 Å². The van der Waals surface area contributed by atoms with Gasteiger partial charge in [-0.1, -0.05) is 30.7 Å². The first kappa shape index (κ1) is 14.4. The third kappa shape index (κ3) is 3.10. The van der Waals surface area contributed by atoms with Crippen molar-refractivity contribution in [2.24, 2.45) is 11.8 Å². The fraction of sp³-hybridized carbons (Fsp3) is 0.533. The SMILES string of the molecule is CC(c1cccc(Cl)c1)N(C)C(=O)[C@@H]1CNC[C@H]1C. The van der Waals surface area contributed by atoms with E-state index >= 15 is 0 Å². The summed E-state index contributed by atoms with van der Waals surface area (Å²) in [6, 6.07) is 7.75. The van der Waals surface area contributed by atoms with Gasteiger partial charge < -0.3 is 10.2 Å². The Morgan fingerprint density at radius 3 is 2.79 bits per heavy atom. The number of benzene rings is 1.